The number of nitrogens with zero attached hydrogens (tertiary/aromatic N) is 2. The van der Waals surface area contributed by atoms with E-state index >= 15 is 0 Å². The summed E-state index contributed by atoms with van der Waals surface area (Å²) in [6, 6.07) is 12.6. The molecule has 1 aliphatic rings. The molecule has 2 heterocycles. The maximum absolute atomic E-state index is 13.1. The molecule has 2 amide bonds. The molecule has 0 radical (unpaired) electrons. The lowest BCUT2D eigenvalue weighted by Gasteiger charge is -2.36. The van der Waals surface area contributed by atoms with Crippen LogP contribution in [0, 0.1) is 0 Å². The Morgan fingerprint density at radius 3 is 2.74 bits per heavy atom. The van der Waals surface area contributed by atoms with Crippen LogP contribution in [0.1, 0.15) is 31.3 Å². The second kappa shape index (κ2) is 10.4. The highest BCUT2D eigenvalue weighted by Gasteiger charge is 2.37. The zero-order chi connectivity index (χ0) is 24.2. The minimum absolute atomic E-state index is 0.257. The van der Waals surface area contributed by atoms with Gasteiger partial charge in [0.25, 0.3) is 5.91 Å². The van der Waals surface area contributed by atoms with Crippen LogP contribution in [-0.2, 0) is 27.2 Å². The molecule has 4 rings (SSSR count). The number of nitrogens with one attached hydrogen (secondary N) is 1. The zero-order valence-corrected chi connectivity index (χ0v) is 20.6. The fourth-order valence-corrected chi connectivity index (χ4v) is 4.64. The molecule has 0 bridgehead atoms. The van der Waals surface area contributed by atoms with Gasteiger partial charge in [0, 0.05) is 30.2 Å². The zero-order valence-electron chi connectivity index (χ0n) is 19.8. The van der Waals surface area contributed by atoms with E-state index in [1.54, 1.807) is 32.3 Å². The molecule has 0 spiro atoms. The van der Waals surface area contributed by atoms with Crippen molar-refractivity contribution >= 4 is 34.5 Å². The third-order valence-corrected chi connectivity index (χ3v) is 6.78. The van der Waals surface area contributed by atoms with Gasteiger partial charge in [0.2, 0.25) is 5.91 Å². The molecule has 2 unspecified atom stereocenters. The maximum atomic E-state index is 13.1. The number of amides is 2. The summed E-state index contributed by atoms with van der Waals surface area (Å²) in [6.07, 6.45) is 0.988. The molecule has 0 fully saturated rings. The molecular formula is C26H29N3O4S. The summed E-state index contributed by atoms with van der Waals surface area (Å²) in [4.78, 5) is 32.5. The van der Waals surface area contributed by atoms with E-state index in [2.05, 4.69) is 12.2 Å². The SMILES string of the molecule is CCc1ccc(NC(=O)C(C)N2C(=O)C(C)Oc3ccc(-c4csc(CCOC)n4)cc32)cc1. The lowest BCUT2D eigenvalue weighted by molar-refractivity contribution is -0.128. The summed E-state index contributed by atoms with van der Waals surface area (Å²) < 4.78 is 11.0. The largest absolute Gasteiger partial charge is 0.479 e. The normalized spacial score (nSPS) is 16.1. The minimum Gasteiger partial charge on any atom is -0.479 e. The molecule has 178 valence electrons. The second-order valence-electron chi connectivity index (χ2n) is 8.24. The molecule has 2 atom stereocenters. The van der Waals surface area contributed by atoms with E-state index in [-0.39, 0.29) is 11.8 Å². The molecule has 3 aromatic rings. The van der Waals surface area contributed by atoms with E-state index in [0.29, 0.717) is 23.7 Å². The first-order chi connectivity index (χ1) is 16.4. The highest BCUT2D eigenvalue weighted by Crippen LogP contribution is 2.39. The number of ether oxygens (including phenoxy) is 2. The van der Waals surface area contributed by atoms with Crippen LogP contribution in [0.15, 0.2) is 47.8 Å². The van der Waals surface area contributed by atoms with Gasteiger partial charge >= 0.3 is 0 Å². The van der Waals surface area contributed by atoms with Gasteiger partial charge in [-0.25, -0.2) is 4.98 Å². The van der Waals surface area contributed by atoms with Gasteiger partial charge in [0.1, 0.15) is 11.8 Å². The molecule has 0 saturated carbocycles. The Kier molecular flexibility index (Phi) is 7.29. The molecule has 7 nitrogen and oxygen atoms in total. The summed E-state index contributed by atoms with van der Waals surface area (Å²) in [5, 5.41) is 5.90. The number of methoxy groups -OCH3 is 1. The smallest absolute Gasteiger partial charge is 0.268 e. The predicted octanol–water partition coefficient (Wildman–Crippen LogP) is 4.70. The number of carbonyl (C=O) groups excluding carboxylic acids is 2. The number of anilines is 2. The standard InChI is InChI=1S/C26H29N3O4S/c1-5-18-6-9-20(10-7-18)27-25(30)16(2)29-22-14-19(8-11-23(22)33-17(3)26(29)31)21-15-34-24(28-21)12-13-32-4/h6-11,14-17H,5,12-13H2,1-4H3,(H,27,30). The van der Waals surface area contributed by atoms with Crippen molar-refractivity contribution in [3.8, 4) is 17.0 Å². The summed E-state index contributed by atoms with van der Waals surface area (Å²) in [5.74, 6) is 0.0453. The number of hydrogen-bond donors (Lipinski definition) is 1. The van der Waals surface area contributed by atoms with Gasteiger partial charge < -0.3 is 14.8 Å². The van der Waals surface area contributed by atoms with Crippen molar-refractivity contribution in [2.45, 2.75) is 45.8 Å². The van der Waals surface area contributed by atoms with Gasteiger partial charge in [-0.15, -0.1) is 11.3 Å². The van der Waals surface area contributed by atoms with E-state index in [1.165, 1.54) is 10.5 Å². The van der Waals surface area contributed by atoms with Crippen molar-refractivity contribution < 1.29 is 19.1 Å². The second-order valence-corrected chi connectivity index (χ2v) is 9.18. The van der Waals surface area contributed by atoms with E-state index in [9.17, 15) is 9.59 Å². The minimum atomic E-state index is -0.730. The monoisotopic (exact) mass is 479 g/mol. The molecule has 1 N–H and O–H groups in total. The Balaban J connectivity index is 1.61. The van der Waals surface area contributed by atoms with Crippen LogP contribution in [0.25, 0.3) is 11.3 Å². The van der Waals surface area contributed by atoms with Crippen LogP contribution in [0.3, 0.4) is 0 Å². The third kappa shape index (κ3) is 4.98. The van der Waals surface area contributed by atoms with Crippen LogP contribution in [-0.4, -0.2) is 42.7 Å². The van der Waals surface area contributed by atoms with Gasteiger partial charge in [-0.1, -0.05) is 19.1 Å². The average molecular weight is 480 g/mol. The molecule has 0 aliphatic carbocycles. The highest BCUT2D eigenvalue weighted by molar-refractivity contribution is 7.09. The highest BCUT2D eigenvalue weighted by atomic mass is 32.1. The van der Waals surface area contributed by atoms with Crippen molar-refractivity contribution in [1.82, 2.24) is 4.98 Å². The van der Waals surface area contributed by atoms with Crippen LogP contribution in [0.4, 0.5) is 11.4 Å². The number of thiazole rings is 1. The average Bonchev–Trinajstić information content (AvgIpc) is 3.32. The predicted molar refractivity (Wildman–Crippen MR) is 135 cm³/mol. The molecule has 34 heavy (non-hydrogen) atoms. The topological polar surface area (TPSA) is 80.8 Å². The molecule has 0 saturated heterocycles. The number of fused-ring (bicyclic) bond motifs is 1. The van der Waals surface area contributed by atoms with E-state index in [0.717, 1.165) is 29.1 Å². The van der Waals surface area contributed by atoms with E-state index in [1.807, 2.05) is 47.8 Å². The fraction of sp³-hybridized carbons (Fsp3) is 0.346. The Hall–Kier alpha value is -3.23. The van der Waals surface area contributed by atoms with E-state index < -0.39 is 12.1 Å². The van der Waals surface area contributed by atoms with Crippen LogP contribution >= 0.6 is 11.3 Å². The summed E-state index contributed by atoms with van der Waals surface area (Å²) in [7, 11) is 1.67. The van der Waals surface area contributed by atoms with Crippen LogP contribution in [0.2, 0.25) is 0 Å². The summed E-state index contributed by atoms with van der Waals surface area (Å²) >= 11 is 1.57. The van der Waals surface area contributed by atoms with Gasteiger partial charge in [0.05, 0.1) is 23.0 Å². The van der Waals surface area contributed by atoms with Crippen molar-refractivity contribution in [3.63, 3.8) is 0 Å². The third-order valence-electron chi connectivity index (χ3n) is 5.87. The molecule has 1 aliphatic heterocycles. The first-order valence-corrected chi connectivity index (χ1v) is 12.3. The number of hydrogen-bond acceptors (Lipinski definition) is 6. The number of rotatable bonds is 8. The van der Waals surface area contributed by atoms with Crippen LogP contribution in [0.5, 0.6) is 5.75 Å². The van der Waals surface area contributed by atoms with E-state index in [4.69, 9.17) is 14.5 Å². The Bertz CT molecular complexity index is 1180. The molecule has 2 aromatic carbocycles. The Morgan fingerprint density at radius 2 is 2.03 bits per heavy atom. The molecule has 8 heteroatoms. The van der Waals surface area contributed by atoms with Crippen molar-refractivity contribution in [2.75, 3.05) is 23.9 Å². The van der Waals surface area contributed by atoms with Crippen molar-refractivity contribution in [2.24, 2.45) is 0 Å². The van der Waals surface area contributed by atoms with Gasteiger partial charge in [-0.2, -0.15) is 0 Å². The molecule has 1 aromatic heterocycles. The van der Waals surface area contributed by atoms with Crippen molar-refractivity contribution in [1.29, 1.82) is 0 Å². The van der Waals surface area contributed by atoms with Gasteiger partial charge in [-0.3, -0.25) is 14.5 Å². The van der Waals surface area contributed by atoms with Gasteiger partial charge in [0.15, 0.2) is 6.10 Å². The van der Waals surface area contributed by atoms with Gasteiger partial charge in [-0.05, 0) is 56.2 Å². The first-order valence-electron chi connectivity index (χ1n) is 11.4. The first kappa shape index (κ1) is 23.9. The summed E-state index contributed by atoms with van der Waals surface area (Å²) in [6.45, 7) is 6.12. The number of carbonyl (C=O) groups is 2. The number of aryl methyl sites for hydroxylation is 1. The number of benzene rings is 2. The number of aromatic nitrogens is 1. The fourth-order valence-electron chi connectivity index (χ4n) is 3.85. The lowest BCUT2D eigenvalue weighted by Crippen LogP contribution is -2.52. The summed E-state index contributed by atoms with van der Waals surface area (Å²) in [5.41, 5.74) is 4.13. The Labute approximate surface area is 203 Å². The lowest BCUT2D eigenvalue weighted by atomic mass is 10.1. The molecular weight excluding hydrogens is 450 g/mol. The quantitative estimate of drug-likeness (QED) is 0.506. The van der Waals surface area contributed by atoms with Crippen LogP contribution < -0.4 is 15.0 Å². The Morgan fingerprint density at radius 1 is 1.26 bits per heavy atom. The maximum Gasteiger partial charge on any atom is 0.268 e. The van der Waals surface area contributed by atoms with Crippen molar-refractivity contribution in [3.05, 3.63) is 58.4 Å².